The Morgan fingerprint density at radius 2 is 1.94 bits per heavy atom. The fourth-order valence-electron chi connectivity index (χ4n) is 1.42. The SMILES string of the molecule is COC(=O)c1cccn1Sc1ccc(C)cc1. The van der Waals surface area contributed by atoms with Gasteiger partial charge in [-0.15, -0.1) is 0 Å². The van der Waals surface area contributed by atoms with Crippen molar-refractivity contribution in [1.82, 2.24) is 3.97 Å². The van der Waals surface area contributed by atoms with Crippen LogP contribution in [0.4, 0.5) is 0 Å². The first kappa shape index (κ1) is 11.8. The van der Waals surface area contributed by atoms with Crippen molar-refractivity contribution in [1.29, 1.82) is 0 Å². The third-order valence-electron chi connectivity index (χ3n) is 2.33. The van der Waals surface area contributed by atoms with Crippen LogP contribution in [0.5, 0.6) is 0 Å². The number of hydrogen-bond donors (Lipinski definition) is 0. The van der Waals surface area contributed by atoms with Crippen molar-refractivity contribution in [2.24, 2.45) is 0 Å². The Morgan fingerprint density at radius 1 is 1.24 bits per heavy atom. The van der Waals surface area contributed by atoms with Gasteiger partial charge in [0.05, 0.1) is 7.11 Å². The Labute approximate surface area is 105 Å². The Morgan fingerprint density at radius 3 is 2.59 bits per heavy atom. The van der Waals surface area contributed by atoms with Crippen molar-refractivity contribution < 1.29 is 9.53 Å². The zero-order valence-corrected chi connectivity index (χ0v) is 10.5. The molecule has 1 aromatic carbocycles. The molecule has 0 unspecified atom stereocenters. The second-order valence-electron chi connectivity index (χ2n) is 3.62. The molecule has 0 N–H and O–H groups in total. The number of hydrogen-bond acceptors (Lipinski definition) is 3. The Hall–Kier alpha value is -1.68. The molecule has 0 aliphatic carbocycles. The van der Waals surface area contributed by atoms with Crippen LogP contribution in [0.2, 0.25) is 0 Å². The summed E-state index contributed by atoms with van der Waals surface area (Å²) < 4.78 is 6.52. The van der Waals surface area contributed by atoms with Crippen LogP contribution in [0.25, 0.3) is 0 Å². The summed E-state index contributed by atoms with van der Waals surface area (Å²) in [5.74, 6) is -0.324. The van der Waals surface area contributed by atoms with Gasteiger partial charge >= 0.3 is 5.97 Å². The highest BCUT2D eigenvalue weighted by molar-refractivity contribution is 7.97. The van der Waals surface area contributed by atoms with Crippen LogP contribution in [0, 0.1) is 6.92 Å². The molecule has 0 bridgehead atoms. The van der Waals surface area contributed by atoms with Crippen molar-refractivity contribution in [3.63, 3.8) is 0 Å². The van der Waals surface area contributed by atoms with E-state index >= 15 is 0 Å². The molecule has 0 atom stereocenters. The van der Waals surface area contributed by atoms with Crippen molar-refractivity contribution in [2.75, 3.05) is 7.11 Å². The Balaban J connectivity index is 2.21. The number of benzene rings is 1. The molecule has 0 aliphatic rings. The number of rotatable bonds is 3. The molecule has 0 spiro atoms. The lowest BCUT2D eigenvalue weighted by atomic mass is 10.2. The number of carbonyl (C=O) groups excluding carboxylic acids is 1. The number of carbonyl (C=O) groups is 1. The monoisotopic (exact) mass is 247 g/mol. The molecule has 88 valence electrons. The zero-order chi connectivity index (χ0) is 12.3. The molecule has 4 heteroatoms. The number of esters is 1. The van der Waals surface area contributed by atoms with Crippen LogP contribution >= 0.6 is 11.9 Å². The summed E-state index contributed by atoms with van der Waals surface area (Å²) in [5, 5.41) is 0. The first-order valence-corrected chi connectivity index (χ1v) is 5.99. The van der Waals surface area contributed by atoms with Gasteiger partial charge in [-0.05, 0) is 43.1 Å². The smallest absolute Gasteiger partial charge is 0.355 e. The molecule has 17 heavy (non-hydrogen) atoms. The largest absolute Gasteiger partial charge is 0.464 e. The van der Waals surface area contributed by atoms with Crippen molar-refractivity contribution in [2.45, 2.75) is 11.8 Å². The van der Waals surface area contributed by atoms with Gasteiger partial charge in [0, 0.05) is 11.1 Å². The van der Waals surface area contributed by atoms with Gasteiger partial charge in [0.2, 0.25) is 0 Å². The summed E-state index contributed by atoms with van der Waals surface area (Å²) in [4.78, 5) is 12.6. The second kappa shape index (κ2) is 5.10. The second-order valence-corrected chi connectivity index (χ2v) is 4.66. The van der Waals surface area contributed by atoms with E-state index in [2.05, 4.69) is 0 Å². The van der Waals surface area contributed by atoms with Crippen LogP contribution in [0.1, 0.15) is 16.1 Å². The number of aromatic nitrogens is 1. The van der Waals surface area contributed by atoms with Crippen LogP contribution < -0.4 is 0 Å². The van der Waals surface area contributed by atoms with Gasteiger partial charge in [0.25, 0.3) is 0 Å². The third kappa shape index (κ3) is 2.71. The summed E-state index contributed by atoms with van der Waals surface area (Å²) >= 11 is 1.49. The van der Waals surface area contributed by atoms with Gasteiger partial charge in [-0.1, -0.05) is 17.7 Å². The molecule has 2 rings (SSSR count). The number of aryl methyl sites for hydroxylation is 1. The first-order valence-electron chi connectivity index (χ1n) is 5.21. The molecule has 1 heterocycles. The lowest BCUT2D eigenvalue weighted by molar-refractivity contribution is 0.0593. The standard InChI is InChI=1S/C13H13NO2S/c1-10-5-7-11(8-6-10)17-14-9-3-4-12(14)13(15)16-2/h3-9H,1-2H3. The van der Waals surface area contributed by atoms with Crippen molar-refractivity contribution in [3.05, 3.63) is 53.9 Å². The molecule has 0 fully saturated rings. The van der Waals surface area contributed by atoms with Gasteiger partial charge < -0.3 is 4.74 Å². The maximum absolute atomic E-state index is 11.5. The van der Waals surface area contributed by atoms with Crippen molar-refractivity contribution in [3.8, 4) is 0 Å². The van der Waals surface area contributed by atoms with Gasteiger partial charge in [-0.25, -0.2) is 4.79 Å². The maximum atomic E-state index is 11.5. The predicted molar refractivity (Wildman–Crippen MR) is 68.2 cm³/mol. The minimum atomic E-state index is -0.324. The zero-order valence-electron chi connectivity index (χ0n) is 9.71. The van der Waals surface area contributed by atoms with E-state index in [1.165, 1.54) is 24.6 Å². The molecule has 1 aromatic heterocycles. The minimum Gasteiger partial charge on any atom is -0.464 e. The Bertz CT molecular complexity index is 516. The summed E-state index contributed by atoms with van der Waals surface area (Å²) in [5.41, 5.74) is 1.76. The molecule has 0 amide bonds. The molecule has 0 saturated carbocycles. The topological polar surface area (TPSA) is 31.2 Å². The van der Waals surface area contributed by atoms with E-state index in [0.29, 0.717) is 5.69 Å². The highest BCUT2D eigenvalue weighted by Gasteiger charge is 2.11. The number of ether oxygens (including phenoxy) is 1. The molecule has 3 nitrogen and oxygen atoms in total. The van der Waals surface area contributed by atoms with E-state index in [-0.39, 0.29) is 5.97 Å². The first-order chi connectivity index (χ1) is 8.20. The van der Waals surface area contributed by atoms with E-state index in [0.717, 1.165) is 4.90 Å². The number of nitrogens with zero attached hydrogens (tertiary/aromatic N) is 1. The molecular formula is C13H13NO2S. The average Bonchev–Trinajstić information content (AvgIpc) is 2.79. The van der Waals surface area contributed by atoms with Crippen LogP contribution in [-0.4, -0.2) is 17.1 Å². The van der Waals surface area contributed by atoms with Crippen molar-refractivity contribution >= 4 is 17.9 Å². The minimum absolute atomic E-state index is 0.324. The van der Waals surface area contributed by atoms with Gasteiger partial charge in [-0.3, -0.25) is 3.97 Å². The highest BCUT2D eigenvalue weighted by atomic mass is 32.2. The van der Waals surface area contributed by atoms with E-state index in [4.69, 9.17) is 4.74 Å². The molecule has 0 aliphatic heterocycles. The predicted octanol–water partition coefficient (Wildman–Crippen LogP) is 3.14. The van der Waals surface area contributed by atoms with Gasteiger partial charge in [-0.2, -0.15) is 0 Å². The molecule has 0 radical (unpaired) electrons. The molecular weight excluding hydrogens is 234 g/mol. The van der Waals surface area contributed by atoms with Crippen LogP contribution in [0.15, 0.2) is 47.5 Å². The lowest BCUT2D eigenvalue weighted by Crippen LogP contribution is -2.05. The summed E-state index contributed by atoms with van der Waals surface area (Å²) in [7, 11) is 1.39. The van der Waals surface area contributed by atoms with E-state index in [1.807, 2.05) is 43.5 Å². The van der Waals surface area contributed by atoms with Gasteiger partial charge in [0.1, 0.15) is 5.69 Å². The van der Waals surface area contributed by atoms with E-state index in [1.54, 1.807) is 10.0 Å². The quantitative estimate of drug-likeness (QED) is 0.781. The summed E-state index contributed by atoms with van der Waals surface area (Å²) in [6.45, 7) is 2.05. The van der Waals surface area contributed by atoms with Crippen LogP contribution in [-0.2, 0) is 4.74 Å². The fourth-order valence-corrected chi connectivity index (χ4v) is 2.27. The summed E-state index contributed by atoms with van der Waals surface area (Å²) in [6, 6.07) is 11.7. The van der Waals surface area contributed by atoms with E-state index < -0.39 is 0 Å². The highest BCUT2D eigenvalue weighted by Crippen LogP contribution is 2.23. The Kier molecular flexibility index (Phi) is 3.54. The molecule has 0 saturated heterocycles. The maximum Gasteiger partial charge on any atom is 0.355 e. The molecule has 2 aromatic rings. The third-order valence-corrected chi connectivity index (χ3v) is 3.33. The summed E-state index contributed by atoms with van der Waals surface area (Å²) in [6.07, 6.45) is 1.84. The van der Waals surface area contributed by atoms with Gasteiger partial charge in [0.15, 0.2) is 0 Å². The average molecular weight is 247 g/mol. The number of methoxy groups -OCH3 is 1. The normalized spacial score (nSPS) is 10.2. The van der Waals surface area contributed by atoms with Crippen LogP contribution in [0.3, 0.4) is 0 Å². The lowest BCUT2D eigenvalue weighted by Gasteiger charge is -2.06. The fraction of sp³-hybridized carbons (Fsp3) is 0.154. The van der Waals surface area contributed by atoms with E-state index in [9.17, 15) is 4.79 Å².